The molecule has 0 aromatic carbocycles. The molecule has 0 radical (unpaired) electrons. The molecule has 16 heavy (non-hydrogen) atoms. The van der Waals surface area contributed by atoms with Gasteiger partial charge in [0.2, 0.25) is 5.91 Å². The van der Waals surface area contributed by atoms with Crippen LogP contribution in [0.2, 0.25) is 0 Å². The van der Waals surface area contributed by atoms with E-state index in [4.69, 9.17) is 0 Å². The molecule has 0 bridgehead atoms. The SMILES string of the molecule is C=C(C)C(=O)NCCCCCC(C)N(C)C. The number of carbonyl (C=O) groups excluding carboxylic acids is 1. The van der Waals surface area contributed by atoms with Crippen molar-refractivity contribution in [2.24, 2.45) is 0 Å². The van der Waals surface area contributed by atoms with Crippen LogP contribution in [0.3, 0.4) is 0 Å². The summed E-state index contributed by atoms with van der Waals surface area (Å²) in [6, 6.07) is 0.644. The standard InChI is InChI=1S/C13H26N2O/c1-11(2)13(16)14-10-8-6-7-9-12(3)15(4)5/h12H,1,6-10H2,2-5H3,(H,14,16). The zero-order valence-electron chi connectivity index (χ0n) is 11.2. The summed E-state index contributed by atoms with van der Waals surface area (Å²) in [4.78, 5) is 13.4. The summed E-state index contributed by atoms with van der Waals surface area (Å²) in [5.74, 6) is -0.0262. The first-order chi connectivity index (χ1) is 7.45. The van der Waals surface area contributed by atoms with E-state index in [-0.39, 0.29) is 5.91 Å². The van der Waals surface area contributed by atoms with E-state index < -0.39 is 0 Å². The van der Waals surface area contributed by atoms with Crippen LogP contribution in [0.4, 0.5) is 0 Å². The molecule has 0 fully saturated rings. The van der Waals surface area contributed by atoms with Crippen LogP contribution >= 0.6 is 0 Å². The Kier molecular flexibility index (Phi) is 7.90. The molecule has 0 aromatic rings. The molecule has 0 aromatic heterocycles. The molecular formula is C13H26N2O. The fourth-order valence-electron chi connectivity index (χ4n) is 1.35. The number of unbranched alkanes of at least 4 members (excludes halogenated alkanes) is 2. The molecule has 0 saturated heterocycles. The van der Waals surface area contributed by atoms with Gasteiger partial charge < -0.3 is 10.2 Å². The van der Waals surface area contributed by atoms with Gasteiger partial charge >= 0.3 is 0 Å². The fourth-order valence-corrected chi connectivity index (χ4v) is 1.35. The third-order valence-electron chi connectivity index (χ3n) is 2.85. The van der Waals surface area contributed by atoms with Crippen LogP contribution in [0.5, 0.6) is 0 Å². The maximum Gasteiger partial charge on any atom is 0.246 e. The van der Waals surface area contributed by atoms with Crippen molar-refractivity contribution >= 4 is 5.91 Å². The lowest BCUT2D eigenvalue weighted by molar-refractivity contribution is -0.117. The van der Waals surface area contributed by atoms with Gasteiger partial charge in [0, 0.05) is 18.2 Å². The van der Waals surface area contributed by atoms with Crippen LogP contribution in [0, 0.1) is 0 Å². The van der Waals surface area contributed by atoms with Gasteiger partial charge in [0.15, 0.2) is 0 Å². The Morgan fingerprint density at radius 3 is 2.44 bits per heavy atom. The van der Waals surface area contributed by atoms with Crippen molar-refractivity contribution < 1.29 is 4.79 Å². The van der Waals surface area contributed by atoms with E-state index in [2.05, 4.69) is 37.8 Å². The number of hydrogen-bond acceptors (Lipinski definition) is 2. The van der Waals surface area contributed by atoms with Crippen LogP contribution < -0.4 is 5.32 Å². The molecule has 1 N–H and O–H groups in total. The Morgan fingerprint density at radius 2 is 1.94 bits per heavy atom. The molecule has 0 spiro atoms. The van der Waals surface area contributed by atoms with E-state index in [1.807, 2.05) is 0 Å². The van der Waals surface area contributed by atoms with Crippen LogP contribution in [-0.4, -0.2) is 37.5 Å². The van der Waals surface area contributed by atoms with Gasteiger partial charge in [-0.15, -0.1) is 0 Å². The highest BCUT2D eigenvalue weighted by atomic mass is 16.1. The molecule has 94 valence electrons. The van der Waals surface area contributed by atoms with Gasteiger partial charge in [-0.1, -0.05) is 19.4 Å². The van der Waals surface area contributed by atoms with E-state index in [1.54, 1.807) is 6.92 Å². The normalized spacial score (nSPS) is 12.6. The lowest BCUT2D eigenvalue weighted by Gasteiger charge is -2.19. The zero-order valence-corrected chi connectivity index (χ0v) is 11.2. The summed E-state index contributed by atoms with van der Waals surface area (Å²) in [5.41, 5.74) is 0.584. The summed E-state index contributed by atoms with van der Waals surface area (Å²) in [5, 5.41) is 2.84. The highest BCUT2D eigenvalue weighted by Crippen LogP contribution is 2.06. The van der Waals surface area contributed by atoms with Gasteiger partial charge in [0.25, 0.3) is 0 Å². The maximum absolute atomic E-state index is 11.2. The third-order valence-corrected chi connectivity index (χ3v) is 2.85. The Hall–Kier alpha value is -0.830. The molecule has 3 nitrogen and oxygen atoms in total. The first-order valence-electron chi connectivity index (χ1n) is 6.05. The average molecular weight is 226 g/mol. The molecule has 0 saturated carbocycles. The van der Waals surface area contributed by atoms with Crippen molar-refractivity contribution in [1.82, 2.24) is 10.2 Å². The van der Waals surface area contributed by atoms with Gasteiger partial charge in [-0.3, -0.25) is 4.79 Å². The van der Waals surface area contributed by atoms with E-state index in [0.717, 1.165) is 13.0 Å². The van der Waals surface area contributed by atoms with Gasteiger partial charge in [0.1, 0.15) is 0 Å². The lowest BCUT2D eigenvalue weighted by atomic mass is 10.1. The largest absolute Gasteiger partial charge is 0.352 e. The van der Waals surface area contributed by atoms with E-state index in [0.29, 0.717) is 11.6 Å². The summed E-state index contributed by atoms with van der Waals surface area (Å²) in [6.45, 7) is 8.33. The average Bonchev–Trinajstić information content (AvgIpc) is 2.21. The van der Waals surface area contributed by atoms with Crippen molar-refractivity contribution in [3.8, 4) is 0 Å². The Labute approximate surface area is 99.9 Å². The summed E-state index contributed by atoms with van der Waals surface area (Å²) < 4.78 is 0. The molecule has 1 atom stereocenters. The van der Waals surface area contributed by atoms with Crippen molar-refractivity contribution in [3.05, 3.63) is 12.2 Å². The van der Waals surface area contributed by atoms with Crippen LogP contribution in [0.1, 0.15) is 39.5 Å². The van der Waals surface area contributed by atoms with Gasteiger partial charge in [-0.2, -0.15) is 0 Å². The first-order valence-corrected chi connectivity index (χ1v) is 6.05. The third kappa shape index (κ3) is 7.46. The number of nitrogens with one attached hydrogen (secondary N) is 1. The number of rotatable bonds is 8. The van der Waals surface area contributed by atoms with Gasteiger partial charge in [-0.25, -0.2) is 0 Å². The molecular weight excluding hydrogens is 200 g/mol. The minimum Gasteiger partial charge on any atom is -0.352 e. The van der Waals surface area contributed by atoms with Crippen LogP contribution in [0.25, 0.3) is 0 Å². The van der Waals surface area contributed by atoms with Crippen molar-refractivity contribution in [1.29, 1.82) is 0 Å². The number of nitrogens with zero attached hydrogens (tertiary/aromatic N) is 1. The summed E-state index contributed by atoms with van der Waals surface area (Å²) >= 11 is 0. The van der Waals surface area contributed by atoms with E-state index in [9.17, 15) is 4.79 Å². The quantitative estimate of drug-likeness (QED) is 0.508. The molecule has 1 amide bonds. The minimum atomic E-state index is -0.0262. The predicted molar refractivity (Wildman–Crippen MR) is 69.4 cm³/mol. The Bertz CT molecular complexity index is 224. The lowest BCUT2D eigenvalue weighted by Crippen LogP contribution is -2.25. The summed E-state index contributed by atoms with van der Waals surface area (Å²) in [7, 11) is 4.22. The van der Waals surface area contributed by atoms with Crippen LogP contribution in [-0.2, 0) is 4.79 Å². The Morgan fingerprint density at radius 1 is 1.31 bits per heavy atom. The van der Waals surface area contributed by atoms with Crippen molar-refractivity contribution in [2.75, 3.05) is 20.6 Å². The smallest absolute Gasteiger partial charge is 0.246 e. The second-order valence-electron chi connectivity index (χ2n) is 4.70. The number of amides is 1. The zero-order chi connectivity index (χ0) is 12.6. The van der Waals surface area contributed by atoms with Crippen molar-refractivity contribution in [3.63, 3.8) is 0 Å². The molecule has 0 heterocycles. The second-order valence-corrected chi connectivity index (χ2v) is 4.70. The second kappa shape index (κ2) is 8.34. The van der Waals surface area contributed by atoms with E-state index >= 15 is 0 Å². The molecule has 3 heteroatoms. The van der Waals surface area contributed by atoms with Crippen LogP contribution in [0.15, 0.2) is 12.2 Å². The monoisotopic (exact) mass is 226 g/mol. The highest BCUT2D eigenvalue weighted by molar-refractivity contribution is 5.91. The molecule has 0 rings (SSSR count). The Balaban J connectivity index is 3.34. The number of carbonyl (C=O) groups is 1. The van der Waals surface area contributed by atoms with Crippen molar-refractivity contribution in [2.45, 2.75) is 45.6 Å². The number of hydrogen-bond donors (Lipinski definition) is 1. The molecule has 0 aliphatic rings. The van der Waals surface area contributed by atoms with Gasteiger partial charge in [0.05, 0.1) is 0 Å². The molecule has 1 unspecified atom stereocenters. The predicted octanol–water partition coefficient (Wildman–Crippen LogP) is 2.19. The molecule has 0 aliphatic carbocycles. The maximum atomic E-state index is 11.2. The minimum absolute atomic E-state index is 0.0262. The highest BCUT2D eigenvalue weighted by Gasteiger charge is 2.03. The first kappa shape index (κ1) is 15.2. The van der Waals surface area contributed by atoms with E-state index in [1.165, 1.54) is 19.3 Å². The molecule has 0 aliphatic heterocycles. The van der Waals surface area contributed by atoms with Gasteiger partial charge in [-0.05, 0) is 40.8 Å². The topological polar surface area (TPSA) is 32.3 Å². The summed E-state index contributed by atoms with van der Waals surface area (Å²) in [6.07, 6.45) is 4.68. The fraction of sp³-hybridized carbons (Fsp3) is 0.769.